The largest absolute Gasteiger partial charge is 0.480 e. The minimum atomic E-state index is -0.706. The van der Waals surface area contributed by atoms with Crippen LogP contribution in [0, 0.1) is 5.92 Å². The third-order valence-corrected chi connectivity index (χ3v) is 4.37. The lowest BCUT2D eigenvalue weighted by Gasteiger charge is -2.51. The van der Waals surface area contributed by atoms with Gasteiger partial charge in [0.25, 0.3) is 0 Å². The summed E-state index contributed by atoms with van der Waals surface area (Å²) in [5, 5.41) is 9.45. The van der Waals surface area contributed by atoms with Crippen molar-refractivity contribution in [2.75, 3.05) is 27.3 Å². The summed E-state index contributed by atoms with van der Waals surface area (Å²) in [5.74, 6) is -1.02. The third-order valence-electron chi connectivity index (χ3n) is 4.37. The molecule has 104 valence electrons. The molecule has 1 aliphatic heterocycles. The highest BCUT2D eigenvalue weighted by atomic mass is 16.7. The highest BCUT2D eigenvalue weighted by Gasteiger charge is 2.50. The SMILES string of the molecule is COC1(OC)CN(C(C(=O)O)C2CCCCC2)C1. The van der Waals surface area contributed by atoms with Crippen LogP contribution in [0.4, 0.5) is 0 Å². The molecular formula is C13H23NO4. The Morgan fingerprint density at radius 1 is 1.22 bits per heavy atom. The van der Waals surface area contributed by atoms with Gasteiger partial charge in [0, 0.05) is 14.2 Å². The van der Waals surface area contributed by atoms with Gasteiger partial charge in [-0.15, -0.1) is 0 Å². The molecule has 0 radical (unpaired) electrons. The average Bonchev–Trinajstić information content (AvgIpc) is 2.34. The van der Waals surface area contributed by atoms with Crippen LogP contribution in [0.25, 0.3) is 0 Å². The minimum Gasteiger partial charge on any atom is -0.480 e. The zero-order valence-corrected chi connectivity index (χ0v) is 11.2. The summed E-state index contributed by atoms with van der Waals surface area (Å²) in [7, 11) is 3.22. The van der Waals surface area contributed by atoms with E-state index in [1.54, 1.807) is 14.2 Å². The van der Waals surface area contributed by atoms with Crippen molar-refractivity contribution >= 4 is 5.97 Å². The van der Waals surface area contributed by atoms with Gasteiger partial charge in [0.15, 0.2) is 5.79 Å². The summed E-state index contributed by atoms with van der Waals surface area (Å²) < 4.78 is 10.6. The highest BCUT2D eigenvalue weighted by Crippen LogP contribution is 2.35. The smallest absolute Gasteiger partial charge is 0.321 e. The standard InChI is InChI=1S/C13H23NO4/c1-17-13(18-2)8-14(9-13)11(12(15)16)10-6-4-3-5-7-10/h10-11H,3-9H2,1-2H3,(H,15,16). The van der Waals surface area contributed by atoms with Crippen LogP contribution in [-0.4, -0.2) is 55.1 Å². The van der Waals surface area contributed by atoms with Crippen LogP contribution in [-0.2, 0) is 14.3 Å². The first-order valence-electron chi connectivity index (χ1n) is 6.69. The fourth-order valence-corrected chi connectivity index (χ4v) is 3.22. The fraction of sp³-hybridized carbons (Fsp3) is 0.923. The number of aliphatic carboxylic acids is 1. The number of carboxylic acid groups (broad SMARTS) is 1. The van der Waals surface area contributed by atoms with Gasteiger partial charge < -0.3 is 14.6 Å². The second-order valence-electron chi connectivity index (χ2n) is 5.41. The number of nitrogens with zero attached hydrogens (tertiary/aromatic N) is 1. The minimum absolute atomic E-state index is 0.281. The van der Waals surface area contributed by atoms with Crippen molar-refractivity contribution in [2.24, 2.45) is 5.92 Å². The normalized spacial score (nSPS) is 26.6. The number of carbonyl (C=O) groups is 1. The Kier molecular flexibility index (Phi) is 4.25. The van der Waals surface area contributed by atoms with Crippen LogP contribution < -0.4 is 0 Å². The Morgan fingerprint density at radius 2 is 1.78 bits per heavy atom. The maximum Gasteiger partial charge on any atom is 0.321 e. The van der Waals surface area contributed by atoms with Gasteiger partial charge in [0.2, 0.25) is 0 Å². The number of ether oxygens (including phenoxy) is 2. The Labute approximate surface area is 108 Å². The van der Waals surface area contributed by atoms with Gasteiger partial charge in [0.1, 0.15) is 6.04 Å². The second-order valence-corrected chi connectivity index (χ2v) is 5.41. The van der Waals surface area contributed by atoms with Crippen LogP contribution in [0.2, 0.25) is 0 Å². The highest BCUT2D eigenvalue weighted by molar-refractivity contribution is 5.74. The molecule has 0 amide bonds. The number of carboxylic acids is 1. The molecule has 0 aromatic heterocycles. The Balaban J connectivity index is 1.98. The molecule has 0 aromatic rings. The Bertz CT molecular complexity index is 289. The molecule has 1 saturated carbocycles. The van der Waals surface area contributed by atoms with Crippen molar-refractivity contribution in [3.8, 4) is 0 Å². The number of rotatable bonds is 5. The van der Waals surface area contributed by atoms with Gasteiger partial charge in [-0.3, -0.25) is 9.69 Å². The van der Waals surface area contributed by atoms with Gasteiger partial charge in [0.05, 0.1) is 13.1 Å². The van der Waals surface area contributed by atoms with Crippen molar-refractivity contribution in [2.45, 2.75) is 43.9 Å². The molecule has 2 rings (SSSR count). The zero-order chi connectivity index (χ0) is 13.2. The van der Waals surface area contributed by atoms with Crippen molar-refractivity contribution in [1.29, 1.82) is 0 Å². The molecule has 0 bridgehead atoms. The predicted molar refractivity (Wildman–Crippen MR) is 66.3 cm³/mol. The lowest BCUT2D eigenvalue weighted by Crippen LogP contribution is -2.69. The monoisotopic (exact) mass is 257 g/mol. The number of hydrogen-bond donors (Lipinski definition) is 1. The molecule has 0 spiro atoms. The maximum absolute atomic E-state index is 11.5. The van der Waals surface area contributed by atoms with E-state index in [0.29, 0.717) is 13.1 Å². The zero-order valence-electron chi connectivity index (χ0n) is 11.2. The molecule has 2 fully saturated rings. The molecular weight excluding hydrogens is 234 g/mol. The molecule has 2 aliphatic rings. The predicted octanol–water partition coefficient (Wildman–Crippen LogP) is 1.32. The first-order valence-corrected chi connectivity index (χ1v) is 6.69. The van der Waals surface area contributed by atoms with E-state index in [-0.39, 0.29) is 12.0 Å². The lowest BCUT2D eigenvalue weighted by molar-refractivity contribution is -0.284. The summed E-state index contributed by atoms with van der Waals surface area (Å²) in [6.45, 7) is 1.10. The van der Waals surface area contributed by atoms with Crippen molar-refractivity contribution in [3.63, 3.8) is 0 Å². The molecule has 5 heteroatoms. The van der Waals surface area contributed by atoms with Crippen molar-refractivity contribution < 1.29 is 19.4 Å². The summed E-state index contributed by atoms with van der Waals surface area (Å²) in [4.78, 5) is 13.5. The average molecular weight is 257 g/mol. The molecule has 1 unspecified atom stereocenters. The van der Waals surface area contributed by atoms with Crippen molar-refractivity contribution in [1.82, 2.24) is 4.90 Å². The first kappa shape index (κ1) is 13.8. The number of methoxy groups -OCH3 is 2. The van der Waals surface area contributed by atoms with Gasteiger partial charge >= 0.3 is 5.97 Å². The van der Waals surface area contributed by atoms with E-state index < -0.39 is 11.8 Å². The summed E-state index contributed by atoms with van der Waals surface area (Å²) >= 11 is 0. The van der Waals surface area contributed by atoms with Crippen LogP contribution >= 0.6 is 0 Å². The maximum atomic E-state index is 11.5. The van der Waals surface area contributed by atoms with Gasteiger partial charge in [-0.25, -0.2) is 0 Å². The lowest BCUT2D eigenvalue weighted by atomic mass is 9.82. The van der Waals surface area contributed by atoms with Crippen LogP contribution in [0.1, 0.15) is 32.1 Å². The molecule has 5 nitrogen and oxygen atoms in total. The second kappa shape index (κ2) is 5.55. The topological polar surface area (TPSA) is 59.0 Å². The molecule has 0 aromatic carbocycles. The number of likely N-dealkylation sites (tertiary alicyclic amines) is 1. The van der Waals surface area contributed by atoms with E-state index in [9.17, 15) is 9.90 Å². The van der Waals surface area contributed by atoms with Crippen LogP contribution in [0.3, 0.4) is 0 Å². The third kappa shape index (κ3) is 2.53. The molecule has 1 heterocycles. The molecule has 18 heavy (non-hydrogen) atoms. The van der Waals surface area contributed by atoms with E-state index in [1.165, 1.54) is 6.42 Å². The van der Waals surface area contributed by atoms with Gasteiger partial charge in [-0.1, -0.05) is 19.3 Å². The van der Waals surface area contributed by atoms with E-state index >= 15 is 0 Å². The van der Waals surface area contributed by atoms with E-state index in [0.717, 1.165) is 25.7 Å². The number of hydrogen-bond acceptors (Lipinski definition) is 4. The molecule has 1 saturated heterocycles. The van der Waals surface area contributed by atoms with E-state index in [4.69, 9.17) is 9.47 Å². The molecule has 1 aliphatic carbocycles. The fourth-order valence-electron chi connectivity index (χ4n) is 3.22. The first-order chi connectivity index (χ1) is 8.62. The molecule has 1 N–H and O–H groups in total. The van der Waals surface area contributed by atoms with Crippen molar-refractivity contribution in [3.05, 3.63) is 0 Å². The van der Waals surface area contributed by atoms with Gasteiger partial charge in [-0.2, -0.15) is 0 Å². The summed E-state index contributed by atoms with van der Waals surface area (Å²) in [6, 6.07) is -0.372. The summed E-state index contributed by atoms with van der Waals surface area (Å²) in [5.41, 5.74) is 0. The Morgan fingerprint density at radius 3 is 2.22 bits per heavy atom. The Hall–Kier alpha value is -0.650. The molecule has 1 atom stereocenters. The van der Waals surface area contributed by atoms with Crippen LogP contribution in [0.5, 0.6) is 0 Å². The van der Waals surface area contributed by atoms with Gasteiger partial charge in [-0.05, 0) is 18.8 Å². The van der Waals surface area contributed by atoms with E-state index in [1.807, 2.05) is 4.90 Å². The summed E-state index contributed by atoms with van der Waals surface area (Å²) in [6.07, 6.45) is 5.60. The van der Waals surface area contributed by atoms with E-state index in [2.05, 4.69) is 0 Å². The van der Waals surface area contributed by atoms with Crippen LogP contribution in [0.15, 0.2) is 0 Å². The quantitative estimate of drug-likeness (QED) is 0.753.